The SMILES string of the molecule is Cc1[nH]c2c(F)cc(Cl)cc2c1CCNC(=O)Oc1cc2cc(F)ccc2[nH]1. The van der Waals surface area contributed by atoms with Gasteiger partial charge in [0.15, 0.2) is 0 Å². The molecule has 0 saturated carbocycles. The molecule has 0 unspecified atom stereocenters. The van der Waals surface area contributed by atoms with Crippen molar-refractivity contribution in [1.29, 1.82) is 0 Å². The molecule has 2 aromatic carbocycles. The summed E-state index contributed by atoms with van der Waals surface area (Å²) in [5.74, 6) is -0.567. The van der Waals surface area contributed by atoms with Crippen molar-refractivity contribution in [2.24, 2.45) is 0 Å². The third kappa shape index (κ3) is 3.53. The third-order valence-corrected chi connectivity index (χ3v) is 4.77. The molecule has 0 aliphatic rings. The van der Waals surface area contributed by atoms with Crippen molar-refractivity contribution < 1.29 is 18.3 Å². The lowest BCUT2D eigenvalue weighted by molar-refractivity contribution is 0.199. The highest BCUT2D eigenvalue weighted by Crippen LogP contribution is 2.28. The third-order valence-electron chi connectivity index (χ3n) is 4.55. The van der Waals surface area contributed by atoms with Gasteiger partial charge in [-0.3, -0.25) is 0 Å². The topological polar surface area (TPSA) is 69.9 Å². The Morgan fingerprint density at radius 2 is 2.00 bits per heavy atom. The van der Waals surface area contributed by atoms with Crippen LogP contribution in [0.4, 0.5) is 13.6 Å². The maximum atomic E-state index is 14.0. The zero-order valence-corrected chi connectivity index (χ0v) is 15.6. The van der Waals surface area contributed by atoms with Gasteiger partial charge in [-0.05, 0) is 49.2 Å². The van der Waals surface area contributed by atoms with Gasteiger partial charge in [0.1, 0.15) is 11.6 Å². The standard InChI is InChI=1S/C20H16ClF2N3O2/c1-10-14(15-8-12(21)9-16(23)19(15)25-10)4-5-24-20(27)28-18-7-11-6-13(22)2-3-17(11)26-18/h2-3,6-9,25-26H,4-5H2,1H3,(H,24,27). The normalized spacial score (nSPS) is 11.3. The number of aryl methyl sites for hydroxylation is 1. The van der Waals surface area contributed by atoms with E-state index in [-0.39, 0.29) is 18.2 Å². The van der Waals surface area contributed by atoms with E-state index in [0.29, 0.717) is 33.2 Å². The van der Waals surface area contributed by atoms with Crippen LogP contribution in [0.25, 0.3) is 21.8 Å². The van der Waals surface area contributed by atoms with Crippen molar-refractivity contribution in [2.75, 3.05) is 6.54 Å². The van der Waals surface area contributed by atoms with Gasteiger partial charge in [-0.1, -0.05) is 11.6 Å². The number of hydrogen-bond acceptors (Lipinski definition) is 2. The van der Waals surface area contributed by atoms with E-state index in [1.54, 1.807) is 18.2 Å². The van der Waals surface area contributed by atoms with Gasteiger partial charge in [-0.15, -0.1) is 0 Å². The van der Waals surface area contributed by atoms with Gasteiger partial charge in [-0.25, -0.2) is 13.6 Å². The monoisotopic (exact) mass is 403 g/mol. The van der Waals surface area contributed by atoms with Gasteiger partial charge in [-0.2, -0.15) is 0 Å². The minimum Gasteiger partial charge on any atom is -0.393 e. The highest BCUT2D eigenvalue weighted by atomic mass is 35.5. The Morgan fingerprint density at radius 1 is 1.18 bits per heavy atom. The van der Waals surface area contributed by atoms with Gasteiger partial charge in [0.2, 0.25) is 5.88 Å². The maximum Gasteiger partial charge on any atom is 0.413 e. The minimum atomic E-state index is -0.645. The molecule has 0 bridgehead atoms. The summed E-state index contributed by atoms with van der Waals surface area (Å²) in [6.45, 7) is 2.13. The minimum absolute atomic E-state index is 0.218. The number of halogens is 3. The number of H-pyrrole nitrogens is 2. The van der Waals surface area contributed by atoms with Crippen LogP contribution in [0.15, 0.2) is 36.4 Å². The van der Waals surface area contributed by atoms with Crippen LogP contribution in [0, 0.1) is 18.6 Å². The average molecular weight is 404 g/mol. The summed E-state index contributed by atoms with van der Waals surface area (Å²) in [5, 5.41) is 4.26. The molecule has 3 N–H and O–H groups in total. The molecule has 0 atom stereocenters. The zero-order chi connectivity index (χ0) is 19.8. The fourth-order valence-electron chi connectivity index (χ4n) is 3.28. The number of rotatable bonds is 4. The first-order valence-electron chi connectivity index (χ1n) is 8.61. The summed E-state index contributed by atoms with van der Waals surface area (Å²) < 4.78 is 32.4. The average Bonchev–Trinajstić information content (AvgIpc) is 3.15. The largest absolute Gasteiger partial charge is 0.413 e. The van der Waals surface area contributed by atoms with E-state index in [1.807, 2.05) is 6.92 Å². The highest BCUT2D eigenvalue weighted by Gasteiger charge is 2.14. The fourth-order valence-corrected chi connectivity index (χ4v) is 3.49. The second-order valence-electron chi connectivity index (χ2n) is 6.47. The predicted molar refractivity (Wildman–Crippen MR) is 104 cm³/mol. The van der Waals surface area contributed by atoms with E-state index in [1.165, 1.54) is 18.2 Å². The van der Waals surface area contributed by atoms with Crippen LogP contribution < -0.4 is 10.1 Å². The molecule has 1 amide bonds. The number of nitrogens with one attached hydrogen (secondary N) is 3. The number of amides is 1. The molecule has 4 rings (SSSR count). The van der Waals surface area contributed by atoms with E-state index in [9.17, 15) is 13.6 Å². The Bertz CT molecular complexity index is 1200. The van der Waals surface area contributed by atoms with E-state index in [4.69, 9.17) is 16.3 Å². The van der Waals surface area contributed by atoms with E-state index >= 15 is 0 Å². The summed E-state index contributed by atoms with van der Waals surface area (Å²) in [4.78, 5) is 17.9. The van der Waals surface area contributed by atoms with E-state index in [0.717, 1.165) is 11.3 Å². The van der Waals surface area contributed by atoms with Crippen LogP contribution >= 0.6 is 11.6 Å². The van der Waals surface area contributed by atoms with Crippen molar-refractivity contribution in [2.45, 2.75) is 13.3 Å². The molecule has 0 fully saturated rings. The molecule has 4 aromatic rings. The number of aromatic nitrogens is 2. The molecular weight excluding hydrogens is 388 g/mol. The Hall–Kier alpha value is -3.06. The van der Waals surface area contributed by atoms with Gasteiger partial charge in [0.25, 0.3) is 0 Å². The molecule has 5 nitrogen and oxygen atoms in total. The lowest BCUT2D eigenvalue weighted by Crippen LogP contribution is -2.28. The summed E-state index contributed by atoms with van der Waals surface area (Å²) in [7, 11) is 0. The van der Waals surface area contributed by atoms with Gasteiger partial charge < -0.3 is 20.0 Å². The summed E-state index contributed by atoms with van der Waals surface area (Å²) in [5.41, 5.74) is 2.74. The van der Waals surface area contributed by atoms with Crippen LogP contribution in [0.1, 0.15) is 11.3 Å². The Morgan fingerprint density at radius 3 is 2.82 bits per heavy atom. The van der Waals surface area contributed by atoms with Gasteiger partial charge >= 0.3 is 6.09 Å². The molecule has 0 aliphatic heterocycles. The van der Waals surface area contributed by atoms with Crippen molar-refractivity contribution in [3.63, 3.8) is 0 Å². The second kappa shape index (κ2) is 7.16. The Kier molecular flexibility index (Phi) is 4.68. The van der Waals surface area contributed by atoms with Crippen LogP contribution in [0.5, 0.6) is 5.88 Å². The van der Waals surface area contributed by atoms with Crippen molar-refractivity contribution >= 4 is 39.5 Å². The van der Waals surface area contributed by atoms with Crippen LogP contribution in [-0.4, -0.2) is 22.6 Å². The maximum absolute atomic E-state index is 14.0. The number of carbonyl (C=O) groups is 1. The molecule has 28 heavy (non-hydrogen) atoms. The fraction of sp³-hybridized carbons (Fsp3) is 0.150. The van der Waals surface area contributed by atoms with Crippen LogP contribution in [0.3, 0.4) is 0 Å². The first-order chi connectivity index (χ1) is 13.4. The number of fused-ring (bicyclic) bond motifs is 2. The molecular formula is C20H16ClF2N3O2. The number of aromatic amines is 2. The molecule has 144 valence electrons. The lowest BCUT2D eigenvalue weighted by Gasteiger charge is -2.06. The van der Waals surface area contributed by atoms with Crippen molar-refractivity contribution in [1.82, 2.24) is 15.3 Å². The zero-order valence-electron chi connectivity index (χ0n) is 14.8. The quantitative estimate of drug-likeness (QED) is 0.437. The number of benzene rings is 2. The van der Waals surface area contributed by atoms with Crippen molar-refractivity contribution in [3.05, 3.63) is 64.3 Å². The number of hydrogen-bond donors (Lipinski definition) is 3. The summed E-state index contributed by atoms with van der Waals surface area (Å²) >= 11 is 5.95. The van der Waals surface area contributed by atoms with Gasteiger partial charge in [0.05, 0.1) is 5.52 Å². The molecule has 8 heteroatoms. The number of carbonyl (C=O) groups excluding carboxylic acids is 1. The second-order valence-corrected chi connectivity index (χ2v) is 6.91. The lowest BCUT2D eigenvalue weighted by atomic mass is 10.1. The molecule has 2 heterocycles. The van der Waals surface area contributed by atoms with Crippen molar-refractivity contribution in [3.8, 4) is 5.88 Å². The highest BCUT2D eigenvalue weighted by molar-refractivity contribution is 6.31. The molecule has 0 saturated heterocycles. The molecule has 0 aliphatic carbocycles. The predicted octanol–water partition coefficient (Wildman–Crippen LogP) is 5.22. The Balaban J connectivity index is 1.41. The van der Waals surface area contributed by atoms with Gasteiger partial charge in [0, 0.05) is 39.6 Å². The van der Waals surface area contributed by atoms with Crippen LogP contribution in [0.2, 0.25) is 5.02 Å². The molecule has 0 spiro atoms. The van der Waals surface area contributed by atoms with Crippen LogP contribution in [-0.2, 0) is 6.42 Å². The summed E-state index contributed by atoms with van der Waals surface area (Å²) in [6, 6.07) is 8.74. The van der Waals surface area contributed by atoms with E-state index < -0.39 is 11.9 Å². The number of ether oxygens (including phenoxy) is 1. The Labute approximate surface area is 163 Å². The smallest absolute Gasteiger partial charge is 0.393 e. The van der Waals surface area contributed by atoms with E-state index in [2.05, 4.69) is 15.3 Å². The summed E-state index contributed by atoms with van der Waals surface area (Å²) in [6.07, 6.45) is -0.174. The first kappa shape index (κ1) is 18.3. The molecule has 0 radical (unpaired) electrons. The first-order valence-corrected chi connectivity index (χ1v) is 8.98. The molecule has 2 aromatic heterocycles.